The second-order valence-electron chi connectivity index (χ2n) is 7.78. The molecule has 2 aromatic carbocycles. The summed E-state index contributed by atoms with van der Waals surface area (Å²) >= 11 is 0. The maximum Gasteiger partial charge on any atom is 0.255 e. The van der Waals surface area contributed by atoms with Crippen molar-refractivity contribution in [1.82, 2.24) is 9.88 Å². The highest BCUT2D eigenvalue weighted by Crippen LogP contribution is 2.25. The van der Waals surface area contributed by atoms with Crippen molar-refractivity contribution in [2.24, 2.45) is 0 Å². The maximum atomic E-state index is 12.1. The van der Waals surface area contributed by atoms with Crippen LogP contribution in [-0.4, -0.2) is 29.1 Å². The van der Waals surface area contributed by atoms with Crippen molar-refractivity contribution in [3.05, 3.63) is 75.7 Å². The van der Waals surface area contributed by atoms with Crippen molar-refractivity contribution in [2.75, 3.05) is 13.1 Å². The molecular formula is C24H28N2O2. The predicted molar refractivity (Wildman–Crippen MR) is 114 cm³/mol. The Kier molecular flexibility index (Phi) is 5.49. The molecule has 4 heteroatoms. The molecule has 0 amide bonds. The second kappa shape index (κ2) is 8.19. The first-order valence-electron chi connectivity index (χ1n) is 10.2. The molecule has 1 saturated heterocycles. The standard InChI is InChI=1S/C24H28N2O2/c1-3-19-15-25-24(27)22-9-8-21(14-23(19)22)28-20-10-12-26(13-11-20)16-18-6-4-17(2)5-7-18/h4-9,14-15,20H,3,10-13,16H2,1-2H3,(H,25,27). The van der Waals surface area contributed by atoms with E-state index in [1.54, 1.807) is 0 Å². The van der Waals surface area contributed by atoms with Crippen molar-refractivity contribution in [3.63, 3.8) is 0 Å². The molecule has 0 saturated carbocycles. The Labute approximate surface area is 166 Å². The lowest BCUT2D eigenvalue weighted by molar-refractivity contribution is 0.0969. The topological polar surface area (TPSA) is 45.3 Å². The molecule has 3 aromatic rings. The average molecular weight is 377 g/mol. The number of piperidine rings is 1. The normalized spacial score (nSPS) is 15.8. The number of nitrogens with one attached hydrogen (secondary N) is 1. The third kappa shape index (κ3) is 4.12. The Hall–Kier alpha value is -2.59. The van der Waals surface area contributed by atoms with E-state index in [0.29, 0.717) is 0 Å². The van der Waals surface area contributed by atoms with Crippen LogP contribution in [0.15, 0.2) is 53.5 Å². The number of aromatic nitrogens is 1. The van der Waals surface area contributed by atoms with Gasteiger partial charge in [0.05, 0.1) is 0 Å². The van der Waals surface area contributed by atoms with E-state index in [0.717, 1.165) is 61.0 Å². The molecular weight excluding hydrogens is 348 g/mol. The third-order valence-electron chi connectivity index (χ3n) is 5.70. The largest absolute Gasteiger partial charge is 0.490 e. The summed E-state index contributed by atoms with van der Waals surface area (Å²) < 4.78 is 6.28. The fourth-order valence-corrected chi connectivity index (χ4v) is 3.99. The molecule has 0 unspecified atom stereocenters. The maximum absolute atomic E-state index is 12.1. The van der Waals surface area contributed by atoms with Crippen LogP contribution < -0.4 is 10.3 Å². The van der Waals surface area contributed by atoms with E-state index in [1.807, 2.05) is 24.4 Å². The van der Waals surface area contributed by atoms with Crippen LogP contribution >= 0.6 is 0 Å². The molecule has 0 atom stereocenters. The number of aromatic amines is 1. The van der Waals surface area contributed by atoms with Crippen molar-refractivity contribution >= 4 is 10.8 Å². The minimum atomic E-state index is -0.0387. The highest BCUT2D eigenvalue weighted by molar-refractivity contribution is 5.85. The van der Waals surface area contributed by atoms with E-state index in [2.05, 4.69) is 48.0 Å². The lowest BCUT2D eigenvalue weighted by Gasteiger charge is -2.32. The van der Waals surface area contributed by atoms with Gasteiger partial charge in [-0.3, -0.25) is 9.69 Å². The summed E-state index contributed by atoms with van der Waals surface area (Å²) in [6, 6.07) is 14.6. The summed E-state index contributed by atoms with van der Waals surface area (Å²) in [5.74, 6) is 0.866. The van der Waals surface area contributed by atoms with Crippen LogP contribution in [0.5, 0.6) is 5.75 Å². The molecule has 1 aliphatic rings. The Bertz CT molecular complexity index is 999. The van der Waals surface area contributed by atoms with Crippen LogP contribution in [0.25, 0.3) is 10.8 Å². The van der Waals surface area contributed by atoms with Gasteiger partial charge in [-0.1, -0.05) is 36.8 Å². The van der Waals surface area contributed by atoms with E-state index < -0.39 is 0 Å². The number of pyridine rings is 1. The van der Waals surface area contributed by atoms with Crippen LogP contribution in [0.2, 0.25) is 0 Å². The zero-order valence-electron chi connectivity index (χ0n) is 16.7. The summed E-state index contributed by atoms with van der Waals surface area (Å²) in [6.07, 6.45) is 4.99. The number of ether oxygens (including phenoxy) is 1. The van der Waals surface area contributed by atoms with Crippen LogP contribution in [0, 0.1) is 6.92 Å². The number of H-pyrrole nitrogens is 1. The Morgan fingerprint density at radius 3 is 2.54 bits per heavy atom. The first-order valence-corrected chi connectivity index (χ1v) is 10.2. The number of aryl methyl sites for hydroxylation is 2. The molecule has 146 valence electrons. The minimum Gasteiger partial charge on any atom is -0.490 e. The van der Waals surface area contributed by atoms with Gasteiger partial charge in [0.15, 0.2) is 0 Å². The van der Waals surface area contributed by atoms with Gasteiger partial charge in [0, 0.05) is 31.2 Å². The highest BCUT2D eigenvalue weighted by Gasteiger charge is 2.21. The van der Waals surface area contributed by atoms with E-state index in [9.17, 15) is 4.79 Å². The molecule has 4 rings (SSSR count). The van der Waals surface area contributed by atoms with Gasteiger partial charge in [0.1, 0.15) is 11.9 Å². The van der Waals surface area contributed by atoms with Gasteiger partial charge in [0.2, 0.25) is 0 Å². The van der Waals surface area contributed by atoms with Gasteiger partial charge in [-0.25, -0.2) is 0 Å². The number of hydrogen-bond donors (Lipinski definition) is 1. The fraction of sp³-hybridized carbons (Fsp3) is 0.375. The number of likely N-dealkylation sites (tertiary alicyclic amines) is 1. The molecule has 0 aliphatic carbocycles. The molecule has 0 spiro atoms. The number of rotatable bonds is 5. The first-order chi connectivity index (χ1) is 13.6. The first kappa shape index (κ1) is 18.8. The molecule has 1 aromatic heterocycles. The van der Waals surface area contributed by atoms with E-state index in [-0.39, 0.29) is 11.7 Å². The molecule has 1 N–H and O–H groups in total. The van der Waals surface area contributed by atoms with Gasteiger partial charge in [-0.15, -0.1) is 0 Å². The van der Waals surface area contributed by atoms with Crippen molar-refractivity contribution < 1.29 is 4.74 Å². The van der Waals surface area contributed by atoms with Gasteiger partial charge < -0.3 is 9.72 Å². The lowest BCUT2D eigenvalue weighted by atomic mass is 10.0. The lowest BCUT2D eigenvalue weighted by Crippen LogP contribution is -2.37. The molecule has 2 heterocycles. The number of nitrogens with zero attached hydrogens (tertiary/aromatic N) is 1. The van der Waals surface area contributed by atoms with Crippen LogP contribution in [-0.2, 0) is 13.0 Å². The number of hydrogen-bond acceptors (Lipinski definition) is 3. The van der Waals surface area contributed by atoms with E-state index in [1.165, 1.54) is 11.1 Å². The van der Waals surface area contributed by atoms with Crippen LogP contribution in [0.3, 0.4) is 0 Å². The van der Waals surface area contributed by atoms with Crippen LogP contribution in [0.4, 0.5) is 0 Å². The van der Waals surface area contributed by atoms with E-state index in [4.69, 9.17) is 4.74 Å². The summed E-state index contributed by atoms with van der Waals surface area (Å²) in [5, 5.41) is 1.74. The Morgan fingerprint density at radius 2 is 1.82 bits per heavy atom. The fourth-order valence-electron chi connectivity index (χ4n) is 3.99. The number of benzene rings is 2. The molecule has 1 fully saturated rings. The summed E-state index contributed by atoms with van der Waals surface area (Å²) in [5.41, 5.74) is 3.78. The molecule has 0 radical (unpaired) electrons. The average Bonchev–Trinajstić information content (AvgIpc) is 2.71. The molecule has 1 aliphatic heterocycles. The van der Waals surface area contributed by atoms with Gasteiger partial charge in [-0.05, 0) is 60.9 Å². The van der Waals surface area contributed by atoms with Crippen molar-refractivity contribution in [1.29, 1.82) is 0 Å². The summed E-state index contributed by atoms with van der Waals surface area (Å²) in [6.45, 7) is 7.33. The second-order valence-corrected chi connectivity index (χ2v) is 7.78. The van der Waals surface area contributed by atoms with Gasteiger partial charge >= 0.3 is 0 Å². The molecule has 0 bridgehead atoms. The summed E-state index contributed by atoms with van der Waals surface area (Å²) in [7, 11) is 0. The SMILES string of the molecule is CCc1c[nH]c(=O)c2ccc(OC3CCN(Cc4ccc(C)cc4)CC3)cc12. The molecule has 4 nitrogen and oxygen atoms in total. The Balaban J connectivity index is 1.39. The van der Waals surface area contributed by atoms with Gasteiger partial charge in [0.25, 0.3) is 5.56 Å². The zero-order chi connectivity index (χ0) is 19.5. The Morgan fingerprint density at radius 1 is 1.07 bits per heavy atom. The monoisotopic (exact) mass is 376 g/mol. The minimum absolute atomic E-state index is 0.0387. The number of fused-ring (bicyclic) bond motifs is 1. The zero-order valence-corrected chi connectivity index (χ0v) is 16.7. The quantitative estimate of drug-likeness (QED) is 0.716. The van der Waals surface area contributed by atoms with Crippen molar-refractivity contribution in [3.8, 4) is 5.75 Å². The van der Waals surface area contributed by atoms with E-state index >= 15 is 0 Å². The molecule has 28 heavy (non-hydrogen) atoms. The van der Waals surface area contributed by atoms with Crippen molar-refractivity contribution in [2.45, 2.75) is 45.8 Å². The summed E-state index contributed by atoms with van der Waals surface area (Å²) in [4.78, 5) is 17.4. The predicted octanol–water partition coefficient (Wildman–Crippen LogP) is 4.44. The van der Waals surface area contributed by atoms with Gasteiger partial charge in [-0.2, -0.15) is 0 Å². The third-order valence-corrected chi connectivity index (χ3v) is 5.70. The van der Waals surface area contributed by atoms with Crippen LogP contribution in [0.1, 0.15) is 36.5 Å². The highest BCUT2D eigenvalue weighted by atomic mass is 16.5. The smallest absolute Gasteiger partial charge is 0.255 e.